The number of amides is 1. The summed E-state index contributed by atoms with van der Waals surface area (Å²) in [6.07, 6.45) is 0.198. The van der Waals surface area contributed by atoms with Gasteiger partial charge in [0.25, 0.3) is 0 Å². The fourth-order valence-electron chi connectivity index (χ4n) is 2.70. The Bertz CT molecular complexity index is 681. The SMILES string of the molecule is COC1c2ccc(S(=O)(=O)CC3CC3)cc2CN1C(=O)O. The summed E-state index contributed by atoms with van der Waals surface area (Å²) in [6.45, 7) is 0.149. The summed E-state index contributed by atoms with van der Waals surface area (Å²) in [4.78, 5) is 12.6. The number of rotatable bonds is 4. The topological polar surface area (TPSA) is 83.9 Å². The molecule has 1 heterocycles. The molecule has 1 saturated carbocycles. The third-order valence-corrected chi connectivity index (χ3v) is 5.87. The van der Waals surface area contributed by atoms with Crippen molar-refractivity contribution in [1.82, 2.24) is 4.90 Å². The molecule has 1 N–H and O–H groups in total. The molecule has 114 valence electrons. The largest absolute Gasteiger partial charge is 0.465 e. The van der Waals surface area contributed by atoms with Crippen molar-refractivity contribution in [3.8, 4) is 0 Å². The first kappa shape index (κ1) is 14.3. The second kappa shape index (κ2) is 4.99. The van der Waals surface area contributed by atoms with E-state index in [2.05, 4.69) is 0 Å². The zero-order chi connectivity index (χ0) is 15.2. The molecule has 1 aliphatic heterocycles. The molecule has 1 atom stereocenters. The van der Waals surface area contributed by atoms with Gasteiger partial charge in [-0.1, -0.05) is 6.07 Å². The quantitative estimate of drug-likeness (QED) is 0.919. The smallest absolute Gasteiger partial charge is 0.409 e. The third-order valence-electron chi connectivity index (χ3n) is 3.98. The van der Waals surface area contributed by atoms with Crippen molar-refractivity contribution >= 4 is 15.9 Å². The summed E-state index contributed by atoms with van der Waals surface area (Å²) in [5, 5.41) is 9.17. The standard InChI is InChI=1S/C14H17NO5S/c1-20-13-12-5-4-11(21(18,19)8-9-2-3-9)6-10(12)7-15(13)14(16)17/h4-6,9,13H,2-3,7-8H2,1H3,(H,16,17). The number of methoxy groups -OCH3 is 1. The molecule has 1 fully saturated rings. The molecular formula is C14H17NO5S. The monoisotopic (exact) mass is 311 g/mol. The van der Waals surface area contributed by atoms with E-state index in [1.54, 1.807) is 18.2 Å². The van der Waals surface area contributed by atoms with E-state index in [1.807, 2.05) is 0 Å². The maximum absolute atomic E-state index is 12.3. The molecule has 0 saturated heterocycles. The fourth-order valence-corrected chi connectivity index (χ4v) is 4.44. The molecule has 1 aromatic carbocycles. The summed E-state index contributed by atoms with van der Waals surface area (Å²) in [7, 11) is -1.85. The lowest BCUT2D eigenvalue weighted by Crippen LogP contribution is -2.28. The summed E-state index contributed by atoms with van der Waals surface area (Å²) in [6, 6.07) is 4.79. The summed E-state index contributed by atoms with van der Waals surface area (Å²) >= 11 is 0. The molecule has 0 bridgehead atoms. The van der Waals surface area contributed by atoms with Crippen molar-refractivity contribution in [3.63, 3.8) is 0 Å². The third kappa shape index (κ3) is 2.63. The number of carbonyl (C=O) groups is 1. The van der Waals surface area contributed by atoms with Gasteiger partial charge in [-0.05, 0) is 36.5 Å². The Balaban J connectivity index is 1.93. The number of hydrogen-bond acceptors (Lipinski definition) is 4. The number of sulfone groups is 1. The van der Waals surface area contributed by atoms with Crippen LogP contribution < -0.4 is 0 Å². The summed E-state index contributed by atoms with van der Waals surface area (Å²) in [5.41, 5.74) is 1.41. The van der Waals surface area contributed by atoms with Crippen molar-refractivity contribution < 1.29 is 23.1 Å². The highest BCUT2D eigenvalue weighted by Gasteiger charge is 2.35. The molecule has 1 aliphatic carbocycles. The highest BCUT2D eigenvalue weighted by molar-refractivity contribution is 7.91. The molecule has 21 heavy (non-hydrogen) atoms. The van der Waals surface area contributed by atoms with Crippen LogP contribution in [0.15, 0.2) is 23.1 Å². The van der Waals surface area contributed by atoms with Crippen molar-refractivity contribution in [2.24, 2.45) is 5.92 Å². The van der Waals surface area contributed by atoms with Crippen LogP contribution in [0.2, 0.25) is 0 Å². The van der Waals surface area contributed by atoms with Crippen LogP contribution in [0.3, 0.4) is 0 Å². The van der Waals surface area contributed by atoms with Crippen LogP contribution in [0.25, 0.3) is 0 Å². The minimum atomic E-state index is -3.29. The molecule has 0 aromatic heterocycles. The summed E-state index contributed by atoms with van der Waals surface area (Å²) < 4.78 is 29.8. The van der Waals surface area contributed by atoms with Crippen molar-refractivity contribution in [2.75, 3.05) is 12.9 Å². The first-order chi connectivity index (χ1) is 9.92. The van der Waals surface area contributed by atoms with E-state index in [0.29, 0.717) is 11.1 Å². The van der Waals surface area contributed by atoms with Crippen LogP contribution in [-0.4, -0.2) is 37.4 Å². The highest BCUT2D eigenvalue weighted by Crippen LogP contribution is 2.37. The molecule has 2 aliphatic rings. The second-order valence-corrected chi connectivity index (χ2v) is 7.62. The Hall–Kier alpha value is -1.60. The van der Waals surface area contributed by atoms with Gasteiger partial charge in [-0.3, -0.25) is 4.90 Å². The van der Waals surface area contributed by atoms with E-state index in [4.69, 9.17) is 4.74 Å². The zero-order valence-electron chi connectivity index (χ0n) is 11.7. The second-order valence-electron chi connectivity index (χ2n) is 5.58. The van der Waals surface area contributed by atoms with Crippen LogP contribution in [-0.2, 0) is 21.1 Å². The number of benzene rings is 1. The molecule has 1 amide bonds. The lowest BCUT2D eigenvalue weighted by Gasteiger charge is -2.20. The lowest BCUT2D eigenvalue weighted by atomic mass is 10.1. The predicted molar refractivity (Wildman–Crippen MR) is 74.5 cm³/mol. The van der Waals surface area contributed by atoms with E-state index in [9.17, 15) is 18.3 Å². The van der Waals surface area contributed by atoms with Crippen LogP contribution in [0.1, 0.15) is 30.2 Å². The fraction of sp³-hybridized carbons (Fsp3) is 0.500. The Kier molecular flexibility index (Phi) is 3.41. The van der Waals surface area contributed by atoms with E-state index in [1.165, 1.54) is 7.11 Å². The Morgan fingerprint density at radius 1 is 1.43 bits per heavy atom. The Morgan fingerprint density at radius 2 is 2.14 bits per heavy atom. The number of hydrogen-bond donors (Lipinski definition) is 1. The van der Waals surface area contributed by atoms with Crippen molar-refractivity contribution in [3.05, 3.63) is 29.3 Å². The Morgan fingerprint density at radius 3 is 2.71 bits per heavy atom. The first-order valence-electron chi connectivity index (χ1n) is 6.80. The molecular weight excluding hydrogens is 294 g/mol. The average Bonchev–Trinajstić information content (AvgIpc) is 3.14. The van der Waals surface area contributed by atoms with Crippen LogP contribution >= 0.6 is 0 Å². The van der Waals surface area contributed by atoms with Gasteiger partial charge in [0.1, 0.15) is 0 Å². The van der Waals surface area contributed by atoms with Gasteiger partial charge >= 0.3 is 6.09 Å². The molecule has 1 aromatic rings. The van der Waals surface area contributed by atoms with Gasteiger partial charge in [0.15, 0.2) is 16.1 Å². The number of carboxylic acid groups (broad SMARTS) is 1. The Labute approximate surface area is 123 Å². The normalized spacial score (nSPS) is 21.4. The lowest BCUT2D eigenvalue weighted by molar-refractivity contribution is -0.0139. The molecule has 3 rings (SSSR count). The molecule has 1 unspecified atom stereocenters. The molecule has 0 radical (unpaired) electrons. The van der Waals surface area contributed by atoms with Gasteiger partial charge in [-0.15, -0.1) is 0 Å². The molecule has 7 heteroatoms. The average molecular weight is 311 g/mol. The van der Waals surface area contributed by atoms with Gasteiger partial charge in [-0.25, -0.2) is 13.2 Å². The number of ether oxygens (including phenoxy) is 1. The van der Waals surface area contributed by atoms with E-state index < -0.39 is 22.2 Å². The van der Waals surface area contributed by atoms with Gasteiger partial charge in [0.05, 0.1) is 17.2 Å². The van der Waals surface area contributed by atoms with Gasteiger partial charge in [0, 0.05) is 12.7 Å². The number of fused-ring (bicyclic) bond motifs is 1. The molecule has 0 spiro atoms. The number of nitrogens with zero attached hydrogens (tertiary/aromatic N) is 1. The van der Waals surface area contributed by atoms with Gasteiger partial charge in [0.2, 0.25) is 0 Å². The van der Waals surface area contributed by atoms with Gasteiger partial charge in [-0.2, -0.15) is 0 Å². The molecule has 6 nitrogen and oxygen atoms in total. The van der Waals surface area contributed by atoms with Gasteiger partial charge < -0.3 is 9.84 Å². The van der Waals surface area contributed by atoms with Crippen LogP contribution in [0.5, 0.6) is 0 Å². The summed E-state index contributed by atoms with van der Waals surface area (Å²) in [5.74, 6) is 0.466. The van der Waals surface area contributed by atoms with E-state index in [-0.39, 0.29) is 23.1 Å². The van der Waals surface area contributed by atoms with Crippen LogP contribution in [0.4, 0.5) is 4.79 Å². The van der Waals surface area contributed by atoms with E-state index in [0.717, 1.165) is 17.7 Å². The van der Waals surface area contributed by atoms with Crippen LogP contribution in [0, 0.1) is 5.92 Å². The minimum absolute atomic E-state index is 0.149. The van der Waals surface area contributed by atoms with Crippen molar-refractivity contribution in [2.45, 2.75) is 30.5 Å². The minimum Gasteiger partial charge on any atom is -0.465 e. The highest BCUT2D eigenvalue weighted by atomic mass is 32.2. The maximum Gasteiger partial charge on any atom is 0.409 e. The van der Waals surface area contributed by atoms with Crippen molar-refractivity contribution in [1.29, 1.82) is 0 Å². The maximum atomic E-state index is 12.3. The zero-order valence-corrected chi connectivity index (χ0v) is 12.5. The first-order valence-corrected chi connectivity index (χ1v) is 8.45. The predicted octanol–water partition coefficient (Wildman–Crippen LogP) is 2.01. The van der Waals surface area contributed by atoms with E-state index >= 15 is 0 Å².